The molecular formula is C19H29N3O3. The number of likely N-dealkylation sites (tertiary alicyclic amines) is 1. The van der Waals surface area contributed by atoms with Gasteiger partial charge in [0.2, 0.25) is 0 Å². The second-order valence-electron chi connectivity index (χ2n) is 6.93. The van der Waals surface area contributed by atoms with Crippen LogP contribution < -0.4 is 0 Å². The standard InChI is InChI=1S/C19H29N3O3/c1-2-25-19(24)15-20-8-10-22(11-9-20)17-13-21(14-18(17)23)12-16-6-4-3-5-7-16/h3-7,17-18,23H,2,8-15H2,1H3. The maximum atomic E-state index is 11.6. The predicted octanol–water partition coefficient (Wildman–Crippen LogP) is 0.412. The van der Waals surface area contributed by atoms with E-state index in [1.807, 2.05) is 13.0 Å². The summed E-state index contributed by atoms with van der Waals surface area (Å²) < 4.78 is 5.02. The number of β-amino-alcohol motifs (C(OH)–C–C–N with tert-alkyl or cyclic N) is 1. The monoisotopic (exact) mass is 347 g/mol. The van der Waals surface area contributed by atoms with Crippen molar-refractivity contribution in [1.82, 2.24) is 14.7 Å². The third-order valence-electron chi connectivity index (χ3n) is 5.12. The van der Waals surface area contributed by atoms with Gasteiger partial charge in [-0.25, -0.2) is 0 Å². The quantitative estimate of drug-likeness (QED) is 0.753. The van der Waals surface area contributed by atoms with Crippen LogP contribution in [0.3, 0.4) is 0 Å². The Morgan fingerprint density at radius 2 is 1.84 bits per heavy atom. The highest BCUT2D eigenvalue weighted by molar-refractivity contribution is 5.71. The Kier molecular flexibility index (Phi) is 6.42. The molecule has 0 aromatic heterocycles. The lowest BCUT2D eigenvalue weighted by molar-refractivity contribution is -0.145. The number of rotatable bonds is 6. The third kappa shape index (κ3) is 5.01. The molecule has 2 aliphatic heterocycles. The van der Waals surface area contributed by atoms with Gasteiger partial charge in [-0.1, -0.05) is 30.3 Å². The maximum Gasteiger partial charge on any atom is 0.320 e. The van der Waals surface area contributed by atoms with Crippen LogP contribution in [0.1, 0.15) is 12.5 Å². The van der Waals surface area contributed by atoms with E-state index in [9.17, 15) is 9.90 Å². The van der Waals surface area contributed by atoms with Crippen LogP contribution in [-0.2, 0) is 16.1 Å². The second kappa shape index (κ2) is 8.76. The van der Waals surface area contributed by atoms with Crippen LogP contribution in [0.2, 0.25) is 0 Å². The van der Waals surface area contributed by atoms with E-state index in [-0.39, 0.29) is 18.1 Å². The van der Waals surface area contributed by atoms with Gasteiger partial charge in [0.25, 0.3) is 0 Å². The van der Waals surface area contributed by atoms with Gasteiger partial charge < -0.3 is 9.84 Å². The number of hydrogen-bond donors (Lipinski definition) is 1. The lowest BCUT2D eigenvalue weighted by atomic mass is 10.1. The lowest BCUT2D eigenvalue weighted by Crippen LogP contribution is -2.54. The number of hydrogen-bond acceptors (Lipinski definition) is 6. The number of ether oxygens (including phenoxy) is 1. The molecule has 3 rings (SSSR count). The van der Waals surface area contributed by atoms with E-state index in [4.69, 9.17) is 4.74 Å². The molecule has 0 radical (unpaired) electrons. The third-order valence-corrected chi connectivity index (χ3v) is 5.12. The predicted molar refractivity (Wildman–Crippen MR) is 96.2 cm³/mol. The van der Waals surface area contributed by atoms with Crippen molar-refractivity contribution >= 4 is 5.97 Å². The molecule has 2 aliphatic rings. The van der Waals surface area contributed by atoms with Crippen molar-refractivity contribution in [3.05, 3.63) is 35.9 Å². The summed E-state index contributed by atoms with van der Waals surface area (Å²) in [4.78, 5) is 18.4. The summed E-state index contributed by atoms with van der Waals surface area (Å²) in [6, 6.07) is 10.6. The fraction of sp³-hybridized carbons (Fsp3) is 0.632. The van der Waals surface area contributed by atoms with Crippen LogP contribution in [-0.4, -0.2) is 90.3 Å². The minimum atomic E-state index is -0.305. The SMILES string of the molecule is CCOC(=O)CN1CCN(C2CN(Cc3ccccc3)CC2O)CC1. The smallest absolute Gasteiger partial charge is 0.320 e. The minimum absolute atomic E-state index is 0.147. The first-order chi connectivity index (χ1) is 12.2. The van der Waals surface area contributed by atoms with Gasteiger partial charge in [0.05, 0.1) is 19.3 Å². The van der Waals surface area contributed by atoms with Gasteiger partial charge in [-0.3, -0.25) is 19.5 Å². The summed E-state index contributed by atoms with van der Waals surface area (Å²) in [6.45, 7) is 8.62. The summed E-state index contributed by atoms with van der Waals surface area (Å²) in [7, 11) is 0. The normalized spacial score (nSPS) is 26.0. The lowest BCUT2D eigenvalue weighted by Gasteiger charge is -2.38. The van der Waals surface area contributed by atoms with Gasteiger partial charge in [-0.05, 0) is 12.5 Å². The maximum absolute atomic E-state index is 11.6. The number of esters is 1. The van der Waals surface area contributed by atoms with Crippen LogP contribution in [0.25, 0.3) is 0 Å². The second-order valence-corrected chi connectivity index (χ2v) is 6.93. The Bertz CT molecular complexity index is 546. The van der Waals surface area contributed by atoms with Crippen molar-refractivity contribution in [2.24, 2.45) is 0 Å². The number of carbonyl (C=O) groups excluding carboxylic acids is 1. The molecule has 1 N–H and O–H groups in total. The molecule has 138 valence electrons. The molecule has 0 amide bonds. The molecule has 2 atom stereocenters. The molecule has 6 nitrogen and oxygen atoms in total. The van der Waals surface area contributed by atoms with Gasteiger partial charge in [-0.2, -0.15) is 0 Å². The first kappa shape index (κ1) is 18.3. The van der Waals surface area contributed by atoms with E-state index in [2.05, 4.69) is 39.0 Å². The number of nitrogens with zero attached hydrogens (tertiary/aromatic N) is 3. The molecule has 1 aromatic carbocycles. The summed E-state index contributed by atoms with van der Waals surface area (Å²) in [5, 5.41) is 10.5. The van der Waals surface area contributed by atoms with Gasteiger partial charge in [0.1, 0.15) is 0 Å². The van der Waals surface area contributed by atoms with Crippen LogP contribution in [0, 0.1) is 0 Å². The van der Waals surface area contributed by atoms with Crippen molar-refractivity contribution in [2.45, 2.75) is 25.6 Å². The average Bonchev–Trinajstić information content (AvgIpc) is 2.97. The van der Waals surface area contributed by atoms with Gasteiger partial charge in [0.15, 0.2) is 0 Å². The molecule has 2 fully saturated rings. The molecule has 2 saturated heterocycles. The van der Waals surface area contributed by atoms with E-state index in [0.29, 0.717) is 13.2 Å². The van der Waals surface area contributed by atoms with E-state index in [0.717, 1.165) is 45.8 Å². The molecule has 6 heteroatoms. The number of piperazine rings is 1. The Morgan fingerprint density at radius 1 is 1.12 bits per heavy atom. The summed E-state index contributed by atoms with van der Waals surface area (Å²) >= 11 is 0. The van der Waals surface area contributed by atoms with Crippen molar-refractivity contribution in [3.63, 3.8) is 0 Å². The molecule has 2 unspecified atom stereocenters. The zero-order valence-electron chi connectivity index (χ0n) is 15.0. The summed E-state index contributed by atoms with van der Waals surface area (Å²) in [5.41, 5.74) is 1.29. The highest BCUT2D eigenvalue weighted by Crippen LogP contribution is 2.20. The largest absolute Gasteiger partial charge is 0.465 e. The molecular weight excluding hydrogens is 318 g/mol. The summed E-state index contributed by atoms with van der Waals surface area (Å²) in [5.74, 6) is -0.147. The molecule has 0 saturated carbocycles. The van der Waals surface area contributed by atoms with Crippen molar-refractivity contribution in [3.8, 4) is 0 Å². The highest BCUT2D eigenvalue weighted by atomic mass is 16.5. The Labute approximate surface area is 150 Å². The minimum Gasteiger partial charge on any atom is -0.465 e. The molecule has 0 bridgehead atoms. The first-order valence-electron chi connectivity index (χ1n) is 9.22. The number of aliphatic hydroxyl groups excluding tert-OH is 1. The van der Waals surface area contributed by atoms with Gasteiger partial charge in [0, 0.05) is 51.9 Å². The molecule has 25 heavy (non-hydrogen) atoms. The average molecular weight is 347 g/mol. The van der Waals surface area contributed by atoms with E-state index in [1.165, 1.54) is 5.56 Å². The zero-order valence-corrected chi connectivity index (χ0v) is 15.0. The van der Waals surface area contributed by atoms with Crippen LogP contribution >= 0.6 is 0 Å². The van der Waals surface area contributed by atoms with Gasteiger partial charge in [-0.15, -0.1) is 0 Å². The van der Waals surface area contributed by atoms with Crippen molar-refractivity contribution < 1.29 is 14.6 Å². The Hall–Kier alpha value is -1.47. The van der Waals surface area contributed by atoms with Crippen molar-refractivity contribution in [2.75, 3.05) is 52.4 Å². The van der Waals surface area contributed by atoms with Crippen LogP contribution in [0.15, 0.2) is 30.3 Å². The van der Waals surface area contributed by atoms with Gasteiger partial charge >= 0.3 is 5.97 Å². The van der Waals surface area contributed by atoms with Crippen molar-refractivity contribution in [1.29, 1.82) is 0 Å². The molecule has 2 heterocycles. The topological polar surface area (TPSA) is 56.2 Å². The molecule has 1 aromatic rings. The number of aliphatic hydroxyl groups is 1. The van der Waals surface area contributed by atoms with E-state index < -0.39 is 0 Å². The Morgan fingerprint density at radius 3 is 2.52 bits per heavy atom. The first-order valence-corrected chi connectivity index (χ1v) is 9.22. The van der Waals surface area contributed by atoms with E-state index >= 15 is 0 Å². The van der Waals surface area contributed by atoms with E-state index in [1.54, 1.807) is 0 Å². The number of benzene rings is 1. The fourth-order valence-electron chi connectivity index (χ4n) is 3.82. The number of carbonyl (C=O) groups is 1. The Balaban J connectivity index is 1.46. The van der Waals surface area contributed by atoms with Crippen LogP contribution in [0.5, 0.6) is 0 Å². The van der Waals surface area contributed by atoms with Crippen LogP contribution in [0.4, 0.5) is 0 Å². The molecule has 0 aliphatic carbocycles. The fourth-order valence-corrected chi connectivity index (χ4v) is 3.82. The zero-order chi connectivity index (χ0) is 17.6. The summed E-state index contributed by atoms with van der Waals surface area (Å²) in [6.07, 6.45) is -0.305. The highest BCUT2D eigenvalue weighted by Gasteiger charge is 2.36. The molecule has 0 spiro atoms.